The molecule has 0 aliphatic carbocycles. The number of benzene rings is 2. The zero-order valence-corrected chi connectivity index (χ0v) is 18.1. The first-order valence-electron chi connectivity index (χ1n) is 9.34. The van der Waals surface area contributed by atoms with Gasteiger partial charge >= 0.3 is 0 Å². The molecule has 0 spiro atoms. The number of nitrogens with one attached hydrogen (secondary N) is 1. The molecule has 1 saturated heterocycles. The Kier molecular flexibility index (Phi) is 7.40. The summed E-state index contributed by atoms with van der Waals surface area (Å²) in [5, 5.41) is 3.76. The van der Waals surface area contributed by atoms with Crippen LogP contribution in [0.1, 0.15) is 29.6 Å². The van der Waals surface area contributed by atoms with E-state index in [0.29, 0.717) is 54.0 Å². The van der Waals surface area contributed by atoms with E-state index >= 15 is 0 Å². The first-order valence-corrected chi connectivity index (χ1v) is 11.5. The number of sulfonamides is 1. The van der Waals surface area contributed by atoms with Gasteiger partial charge in [0.25, 0.3) is 5.91 Å². The lowest BCUT2D eigenvalue weighted by atomic mass is 10.2. The van der Waals surface area contributed by atoms with Gasteiger partial charge in [-0.2, -0.15) is 4.31 Å². The molecule has 156 valence electrons. The summed E-state index contributed by atoms with van der Waals surface area (Å²) in [6, 6.07) is 11.0. The van der Waals surface area contributed by atoms with Crippen LogP contribution in [0.2, 0.25) is 10.0 Å². The van der Waals surface area contributed by atoms with Crippen LogP contribution in [0.5, 0.6) is 5.75 Å². The number of carbonyl (C=O) groups is 1. The minimum absolute atomic E-state index is 0.212. The highest BCUT2D eigenvalue weighted by Crippen LogP contribution is 2.27. The Bertz CT molecular complexity index is 959. The minimum Gasteiger partial charge on any atom is -0.492 e. The number of carbonyl (C=O) groups excluding carboxylic acids is 1. The Balaban J connectivity index is 1.46. The summed E-state index contributed by atoms with van der Waals surface area (Å²) in [6.07, 6.45) is 2.35. The Morgan fingerprint density at radius 1 is 1.07 bits per heavy atom. The Hall–Kier alpha value is -1.80. The van der Waals surface area contributed by atoms with Gasteiger partial charge in [-0.05, 0) is 61.7 Å². The Labute approximate surface area is 180 Å². The summed E-state index contributed by atoms with van der Waals surface area (Å²) in [6.45, 7) is 1.90. The summed E-state index contributed by atoms with van der Waals surface area (Å²) >= 11 is 11.9. The molecule has 29 heavy (non-hydrogen) atoms. The van der Waals surface area contributed by atoms with Crippen molar-refractivity contribution in [1.82, 2.24) is 9.62 Å². The summed E-state index contributed by atoms with van der Waals surface area (Å²) in [5.41, 5.74) is 0.409. The SMILES string of the molecule is O=C(NCCCOc1ccc(Cl)cc1Cl)c1ccc(S(=O)(=O)N2CCCC2)cc1. The lowest BCUT2D eigenvalue weighted by Gasteiger charge is -2.15. The van der Waals surface area contributed by atoms with E-state index in [1.807, 2.05) is 0 Å². The van der Waals surface area contributed by atoms with Gasteiger partial charge < -0.3 is 10.1 Å². The van der Waals surface area contributed by atoms with Crippen molar-refractivity contribution < 1.29 is 17.9 Å². The fourth-order valence-electron chi connectivity index (χ4n) is 3.01. The highest BCUT2D eigenvalue weighted by Gasteiger charge is 2.27. The third-order valence-electron chi connectivity index (χ3n) is 4.58. The standard InChI is InChI=1S/C20H22Cl2N2O4S/c21-16-6-9-19(18(22)14-16)28-13-3-10-23-20(25)15-4-7-17(8-5-15)29(26,27)24-11-1-2-12-24/h4-9,14H,1-3,10-13H2,(H,23,25). The molecule has 9 heteroatoms. The van der Waals surface area contributed by atoms with E-state index in [1.165, 1.54) is 28.6 Å². The monoisotopic (exact) mass is 456 g/mol. The van der Waals surface area contributed by atoms with Crippen LogP contribution in [0.25, 0.3) is 0 Å². The normalized spacial score (nSPS) is 14.7. The van der Waals surface area contributed by atoms with Gasteiger partial charge in [-0.15, -0.1) is 0 Å². The second-order valence-corrected chi connectivity index (χ2v) is 9.45. The van der Waals surface area contributed by atoms with Gasteiger partial charge in [-0.25, -0.2) is 8.42 Å². The minimum atomic E-state index is -3.47. The van der Waals surface area contributed by atoms with Crippen molar-refractivity contribution in [2.45, 2.75) is 24.2 Å². The number of halogens is 2. The van der Waals surface area contributed by atoms with Crippen molar-refractivity contribution >= 4 is 39.1 Å². The number of amides is 1. The van der Waals surface area contributed by atoms with E-state index in [2.05, 4.69) is 5.32 Å². The van der Waals surface area contributed by atoms with Crippen molar-refractivity contribution in [1.29, 1.82) is 0 Å². The molecule has 1 heterocycles. The van der Waals surface area contributed by atoms with Crippen molar-refractivity contribution in [2.24, 2.45) is 0 Å². The molecule has 6 nitrogen and oxygen atoms in total. The molecular weight excluding hydrogens is 435 g/mol. The van der Waals surface area contributed by atoms with Gasteiger partial charge in [0, 0.05) is 30.2 Å². The fourth-order valence-corrected chi connectivity index (χ4v) is 4.99. The van der Waals surface area contributed by atoms with Crippen LogP contribution in [0.15, 0.2) is 47.4 Å². The summed E-state index contributed by atoms with van der Waals surface area (Å²) in [7, 11) is -3.47. The molecule has 0 radical (unpaired) electrons. The summed E-state index contributed by atoms with van der Waals surface area (Å²) < 4.78 is 32.1. The molecule has 2 aromatic rings. The number of ether oxygens (including phenoxy) is 1. The van der Waals surface area contributed by atoms with E-state index in [4.69, 9.17) is 27.9 Å². The fraction of sp³-hybridized carbons (Fsp3) is 0.350. The lowest BCUT2D eigenvalue weighted by Crippen LogP contribution is -2.28. The highest BCUT2D eigenvalue weighted by molar-refractivity contribution is 7.89. The van der Waals surface area contributed by atoms with Crippen molar-refractivity contribution in [3.63, 3.8) is 0 Å². The van der Waals surface area contributed by atoms with Crippen LogP contribution in [-0.4, -0.2) is 44.9 Å². The van der Waals surface area contributed by atoms with E-state index in [1.54, 1.807) is 18.2 Å². The van der Waals surface area contributed by atoms with Crippen molar-refractivity contribution in [2.75, 3.05) is 26.2 Å². The average molecular weight is 457 g/mol. The molecule has 1 aliphatic heterocycles. The van der Waals surface area contributed by atoms with Crippen molar-refractivity contribution in [3.8, 4) is 5.75 Å². The van der Waals surface area contributed by atoms with Crippen LogP contribution in [0.3, 0.4) is 0 Å². The molecule has 0 atom stereocenters. The molecule has 1 amide bonds. The smallest absolute Gasteiger partial charge is 0.251 e. The zero-order valence-electron chi connectivity index (χ0n) is 15.7. The predicted octanol–water partition coefficient (Wildman–Crippen LogP) is 3.98. The maximum atomic E-state index is 12.5. The molecule has 1 aliphatic rings. The van der Waals surface area contributed by atoms with Gasteiger partial charge in [0.05, 0.1) is 16.5 Å². The maximum Gasteiger partial charge on any atom is 0.251 e. The molecular formula is C20H22Cl2N2O4S. The average Bonchev–Trinajstić information content (AvgIpc) is 3.25. The van der Waals surface area contributed by atoms with Crippen LogP contribution in [-0.2, 0) is 10.0 Å². The molecule has 0 saturated carbocycles. The van der Waals surface area contributed by atoms with Gasteiger partial charge in [0.1, 0.15) is 5.75 Å². The number of hydrogen-bond donors (Lipinski definition) is 1. The van der Waals surface area contributed by atoms with Gasteiger partial charge in [-0.3, -0.25) is 4.79 Å². The summed E-state index contributed by atoms with van der Waals surface area (Å²) in [5.74, 6) is 0.275. The Morgan fingerprint density at radius 2 is 1.76 bits per heavy atom. The molecule has 3 rings (SSSR count). The van der Waals surface area contributed by atoms with E-state index in [9.17, 15) is 13.2 Å². The van der Waals surface area contributed by atoms with E-state index in [0.717, 1.165) is 12.8 Å². The van der Waals surface area contributed by atoms with E-state index < -0.39 is 10.0 Å². The topological polar surface area (TPSA) is 75.7 Å². The second kappa shape index (κ2) is 9.80. The second-order valence-electron chi connectivity index (χ2n) is 6.67. The van der Waals surface area contributed by atoms with Gasteiger partial charge in [0.15, 0.2) is 0 Å². The number of rotatable bonds is 8. The first kappa shape index (κ1) is 21.9. The third-order valence-corrected chi connectivity index (χ3v) is 7.02. The van der Waals surface area contributed by atoms with Crippen molar-refractivity contribution in [3.05, 3.63) is 58.1 Å². The van der Waals surface area contributed by atoms with Gasteiger partial charge in [0.2, 0.25) is 10.0 Å². The van der Waals surface area contributed by atoms with Crippen LogP contribution >= 0.6 is 23.2 Å². The molecule has 0 aromatic heterocycles. The van der Waals surface area contributed by atoms with Crippen LogP contribution in [0, 0.1) is 0 Å². The Morgan fingerprint density at radius 3 is 2.41 bits per heavy atom. The first-order chi connectivity index (χ1) is 13.9. The molecule has 1 N–H and O–H groups in total. The van der Waals surface area contributed by atoms with Crippen LogP contribution in [0.4, 0.5) is 0 Å². The quantitative estimate of drug-likeness (QED) is 0.609. The zero-order chi connectivity index (χ0) is 20.9. The van der Waals surface area contributed by atoms with Gasteiger partial charge in [-0.1, -0.05) is 23.2 Å². The maximum absolute atomic E-state index is 12.5. The molecule has 0 unspecified atom stereocenters. The van der Waals surface area contributed by atoms with E-state index in [-0.39, 0.29) is 10.8 Å². The molecule has 1 fully saturated rings. The summed E-state index contributed by atoms with van der Waals surface area (Å²) in [4.78, 5) is 12.5. The lowest BCUT2D eigenvalue weighted by molar-refractivity contribution is 0.0951. The molecule has 2 aromatic carbocycles. The number of nitrogens with zero attached hydrogens (tertiary/aromatic N) is 1. The third kappa shape index (κ3) is 5.63. The van der Waals surface area contributed by atoms with Crippen LogP contribution < -0.4 is 10.1 Å². The highest BCUT2D eigenvalue weighted by atomic mass is 35.5. The largest absolute Gasteiger partial charge is 0.492 e. The molecule has 0 bridgehead atoms. The predicted molar refractivity (Wildman–Crippen MR) is 113 cm³/mol. The number of hydrogen-bond acceptors (Lipinski definition) is 4.